The van der Waals surface area contributed by atoms with E-state index in [0.717, 1.165) is 40.5 Å². The molecule has 3 aliphatic carbocycles. The van der Waals surface area contributed by atoms with Crippen LogP contribution in [0.2, 0.25) is 0 Å². The van der Waals surface area contributed by atoms with E-state index in [9.17, 15) is 0 Å². The van der Waals surface area contributed by atoms with Crippen LogP contribution in [0.5, 0.6) is 0 Å². The molecule has 272 valence electrons. The first-order chi connectivity index (χ1) is 28.8. The van der Waals surface area contributed by atoms with Crippen molar-refractivity contribution in [1.29, 1.82) is 0 Å². The van der Waals surface area contributed by atoms with Gasteiger partial charge in [-0.1, -0.05) is 140 Å². The molecule has 10 aromatic rings. The Bertz CT molecular complexity index is 3400. The number of rotatable bonds is 4. The minimum Gasteiger partial charge on any atom is -0.310 e. The highest BCUT2D eigenvalue weighted by atomic mass is 15.2. The van der Waals surface area contributed by atoms with Gasteiger partial charge in [-0.2, -0.15) is 0 Å². The quantitative estimate of drug-likeness (QED) is 0.180. The van der Waals surface area contributed by atoms with E-state index in [0.29, 0.717) is 17.8 Å². The number of nitrogens with zero attached hydrogens (tertiary/aromatic N) is 4. The summed E-state index contributed by atoms with van der Waals surface area (Å²) in [5.41, 5.74) is 17.3. The molecule has 3 heterocycles. The second-order valence-electron chi connectivity index (χ2n) is 16.1. The molecule has 58 heavy (non-hydrogen) atoms. The maximum absolute atomic E-state index is 5.32. The fraction of sp³-hybridized carbons (Fsp3) is 0.0741. The lowest BCUT2D eigenvalue weighted by molar-refractivity contribution is 0.466. The van der Waals surface area contributed by atoms with Crippen LogP contribution in [-0.4, -0.2) is 19.1 Å². The van der Waals surface area contributed by atoms with Gasteiger partial charge in [-0.3, -0.25) is 4.57 Å². The molecular formula is C54H36N4. The van der Waals surface area contributed by atoms with Crippen LogP contribution in [0.4, 0.5) is 0 Å². The highest BCUT2D eigenvalue weighted by Crippen LogP contribution is 2.52. The van der Waals surface area contributed by atoms with E-state index in [1.807, 2.05) is 0 Å². The van der Waals surface area contributed by atoms with Crippen LogP contribution >= 0.6 is 0 Å². The van der Waals surface area contributed by atoms with Crippen LogP contribution in [0.25, 0.3) is 101 Å². The molecule has 0 amide bonds. The van der Waals surface area contributed by atoms with E-state index in [1.165, 1.54) is 77.5 Å². The van der Waals surface area contributed by atoms with Gasteiger partial charge < -0.3 is 4.57 Å². The average molecular weight is 741 g/mol. The molecule has 2 atom stereocenters. The predicted octanol–water partition coefficient (Wildman–Crippen LogP) is 13.1. The lowest BCUT2D eigenvalue weighted by Gasteiger charge is -2.28. The Morgan fingerprint density at radius 2 is 1.07 bits per heavy atom. The van der Waals surface area contributed by atoms with Crippen molar-refractivity contribution < 1.29 is 0 Å². The monoisotopic (exact) mass is 740 g/mol. The summed E-state index contributed by atoms with van der Waals surface area (Å²) in [6.45, 7) is 0. The van der Waals surface area contributed by atoms with Crippen LogP contribution in [0.15, 0.2) is 170 Å². The van der Waals surface area contributed by atoms with Gasteiger partial charge in [-0.25, -0.2) is 9.97 Å². The average Bonchev–Trinajstić information content (AvgIpc) is 3.92. The van der Waals surface area contributed by atoms with E-state index in [2.05, 4.69) is 191 Å². The molecule has 3 aromatic heterocycles. The molecule has 4 nitrogen and oxygen atoms in total. The first kappa shape index (κ1) is 31.9. The molecule has 2 unspecified atom stereocenters. The van der Waals surface area contributed by atoms with Gasteiger partial charge >= 0.3 is 0 Å². The van der Waals surface area contributed by atoms with Crippen LogP contribution in [0.3, 0.4) is 0 Å². The maximum atomic E-state index is 5.32. The first-order valence-electron chi connectivity index (χ1n) is 20.4. The van der Waals surface area contributed by atoms with Crippen molar-refractivity contribution in [2.75, 3.05) is 0 Å². The van der Waals surface area contributed by atoms with Gasteiger partial charge in [0.25, 0.3) is 0 Å². The van der Waals surface area contributed by atoms with Crippen LogP contribution in [-0.2, 0) is 12.8 Å². The highest BCUT2D eigenvalue weighted by Gasteiger charge is 2.33. The zero-order chi connectivity index (χ0) is 37.9. The predicted molar refractivity (Wildman–Crippen MR) is 239 cm³/mol. The number of hydrogen-bond acceptors (Lipinski definition) is 2. The third-order valence-electron chi connectivity index (χ3n) is 13.0. The summed E-state index contributed by atoms with van der Waals surface area (Å²) in [6, 6.07) is 56.9. The third kappa shape index (κ3) is 4.46. The summed E-state index contributed by atoms with van der Waals surface area (Å²) >= 11 is 0. The molecule has 0 radical (unpaired) electrons. The first-order valence-corrected chi connectivity index (χ1v) is 20.4. The zero-order valence-electron chi connectivity index (χ0n) is 31.7. The Balaban J connectivity index is 0.951. The Labute approximate surface area is 335 Å². The molecule has 0 bridgehead atoms. The molecule has 0 saturated heterocycles. The fourth-order valence-corrected chi connectivity index (χ4v) is 10.5. The summed E-state index contributed by atoms with van der Waals surface area (Å²) in [4.78, 5) is 10.5. The van der Waals surface area contributed by atoms with Crippen molar-refractivity contribution in [1.82, 2.24) is 19.1 Å². The van der Waals surface area contributed by atoms with E-state index in [1.54, 1.807) is 0 Å². The second-order valence-corrected chi connectivity index (χ2v) is 16.1. The molecular weight excluding hydrogens is 705 g/mol. The molecule has 3 aliphatic rings. The van der Waals surface area contributed by atoms with Gasteiger partial charge in [0.2, 0.25) is 5.95 Å². The Kier molecular flexibility index (Phi) is 6.65. The number of hydrogen-bond donors (Lipinski definition) is 0. The fourth-order valence-electron chi connectivity index (χ4n) is 10.5. The minimum atomic E-state index is 0.338. The lowest BCUT2D eigenvalue weighted by Crippen LogP contribution is -2.21. The van der Waals surface area contributed by atoms with E-state index >= 15 is 0 Å². The summed E-state index contributed by atoms with van der Waals surface area (Å²) in [5.74, 6) is 1.39. The van der Waals surface area contributed by atoms with Gasteiger partial charge in [-0.05, 0) is 111 Å². The normalized spacial score (nSPS) is 16.3. The van der Waals surface area contributed by atoms with Crippen LogP contribution in [0, 0.1) is 11.8 Å². The summed E-state index contributed by atoms with van der Waals surface area (Å²) in [7, 11) is 0. The van der Waals surface area contributed by atoms with Gasteiger partial charge in [0.15, 0.2) is 0 Å². The van der Waals surface area contributed by atoms with Crippen molar-refractivity contribution in [2.45, 2.75) is 12.8 Å². The van der Waals surface area contributed by atoms with Crippen LogP contribution in [0.1, 0.15) is 22.5 Å². The topological polar surface area (TPSA) is 35.6 Å². The zero-order valence-corrected chi connectivity index (χ0v) is 31.7. The summed E-state index contributed by atoms with van der Waals surface area (Å²) < 4.78 is 4.80. The van der Waals surface area contributed by atoms with Crippen molar-refractivity contribution >= 4 is 55.6 Å². The molecule has 4 heteroatoms. The molecule has 0 aliphatic heterocycles. The Morgan fingerprint density at radius 1 is 0.448 bits per heavy atom. The molecule has 13 rings (SSSR count). The SMILES string of the molecule is C1=CC(C2C=Cc3c(c4c5cccc6c5c(cc4n3-c3ccccc3)-c3ccccc3-6)C2)Cc2c1n(-c1nc(-c3ccccc3)c3ccccc3n1)c1ccccc21. The number of allylic oxidation sites excluding steroid dienone is 2. The summed E-state index contributed by atoms with van der Waals surface area (Å²) in [5, 5.41) is 6.46. The number of fused-ring (bicyclic) bond motifs is 11. The van der Waals surface area contributed by atoms with Gasteiger partial charge in [0.1, 0.15) is 0 Å². The van der Waals surface area contributed by atoms with Crippen molar-refractivity contribution in [3.8, 4) is 45.1 Å². The minimum absolute atomic E-state index is 0.338. The number of para-hydroxylation sites is 3. The van der Waals surface area contributed by atoms with Gasteiger partial charge in [-0.15, -0.1) is 0 Å². The summed E-state index contributed by atoms with van der Waals surface area (Å²) in [6.07, 6.45) is 11.7. The van der Waals surface area contributed by atoms with Gasteiger partial charge in [0.05, 0.1) is 27.9 Å². The van der Waals surface area contributed by atoms with Crippen molar-refractivity contribution in [3.63, 3.8) is 0 Å². The number of benzene rings is 7. The largest absolute Gasteiger partial charge is 0.310 e. The molecule has 0 fully saturated rings. The molecule has 0 saturated carbocycles. The van der Waals surface area contributed by atoms with Crippen molar-refractivity contribution in [2.24, 2.45) is 11.8 Å². The standard InChI is InChI=1S/C54H36N4/c1-3-14-33(15-4-1)53-41-21-9-11-24-46(41)55-54(56-53)58-47-25-12-10-20-39(47)43-30-34(26-28-48(43)58)35-27-29-49-45(31-35)52-42-23-13-22-40-37-18-7-8-19-38(37)44(51(40)42)32-50(52)57(49)36-16-5-2-6-17-36/h1-29,32,34-35H,30-31H2. The lowest BCUT2D eigenvalue weighted by atomic mass is 9.77. The number of aromatic nitrogens is 4. The molecule has 0 N–H and O–H groups in total. The Morgan fingerprint density at radius 3 is 1.88 bits per heavy atom. The van der Waals surface area contributed by atoms with Crippen LogP contribution < -0.4 is 0 Å². The van der Waals surface area contributed by atoms with E-state index < -0.39 is 0 Å². The smallest absolute Gasteiger partial charge is 0.235 e. The van der Waals surface area contributed by atoms with E-state index in [4.69, 9.17) is 9.97 Å². The molecule has 0 spiro atoms. The van der Waals surface area contributed by atoms with E-state index in [-0.39, 0.29) is 0 Å². The van der Waals surface area contributed by atoms with Crippen molar-refractivity contribution in [3.05, 3.63) is 192 Å². The third-order valence-corrected chi connectivity index (χ3v) is 13.0. The maximum Gasteiger partial charge on any atom is 0.235 e. The second kappa shape index (κ2) is 12.1. The molecule has 7 aromatic carbocycles. The van der Waals surface area contributed by atoms with Gasteiger partial charge in [0, 0.05) is 33.1 Å². The Hall–Kier alpha value is -7.30. The highest BCUT2D eigenvalue weighted by molar-refractivity contribution is 6.24.